The van der Waals surface area contributed by atoms with Gasteiger partial charge in [-0.3, -0.25) is 43.7 Å². The SMILES string of the molecule is CC[C@H](CC(C)C)C(=O)N[C@H]1C(=O)C[C@@H](CC(=O)NC(=O)Nc2cc(OCCNC)ccc2OCCNC)C(=O)N[C@H]2C(=O)C[C@H]3C(=O)N[C@H](C(=O)N[C@H](C(=O)CC4C5CC6CC(C5)CC4C6)c4cc(O)cc(O)c4-c4cc3ccc4O)[C@H](O)c3ccc(c(Cl)c3)Oc3cc2cc(c3O[C@@H]2O[C@H](CN)[C@@H](O)[C@H](O)[C@H]2O)Oc2ccc(cc2Cl)[C@H]1O. The molecule has 6 heterocycles. The number of halogens is 2. The normalized spacial score (nSPS) is 27.3. The summed E-state index contributed by atoms with van der Waals surface area (Å²) in [5, 5.41) is 116. The number of carbonyl (C=O) groups excluding carboxylic acids is 9. The molecule has 6 aromatic rings. The lowest BCUT2D eigenvalue weighted by Gasteiger charge is -2.54. The number of urea groups is 1. The predicted octanol–water partition coefficient (Wildman–Crippen LogP) is 7.26. The average Bonchev–Trinajstić information content (AvgIpc) is 0.763. The van der Waals surface area contributed by atoms with Crippen LogP contribution in [0.4, 0.5) is 10.5 Å². The molecule has 120 heavy (non-hydrogen) atoms. The number of Topliss-reactive ketones (excluding diaryl/α,β-unsaturated/α-hetero) is 3. The fraction of sp³-hybridized carbons (Fsp3) is 0.477. The van der Waals surface area contributed by atoms with Gasteiger partial charge < -0.3 is 112 Å². The second-order valence-electron chi connectivity index (χ2n) is 32.6. The largest absolute Gasteiger partial charge is 0.508 e. The number of carbonyl (C=O) groups is 9. The van der Waals surface area contributed by atoms with Gasteiger partial charge in [0.15, 0.2) is 28.8 Å². The van der Waals surface area contributed by atoms with Gasteiger partial charge in [-0.05, 0) is 189 Å². The van der Waals surface area contributed by atoms with Crippen LogP contribution in [0.5, 0.6) is 57.5 Å². The van der Waals surface area contributed by atoms with Crippen LogP contribution in [0.3, 0.4) is 0 Å². The number of benzene rings is 6. The Labute approximate surface area is 701 Å². The van der Waals surface area contributed by atoms with Gasteiger partial charge in [-0.1, -0.05) is 62.2 Å². The summed E-state index contributed by atoms with van der Waals surface area (Å²) in [5.74, 6) is -15.7. The number of amides is 7. The minimum atomic E-state index is -2.23. The number of hydrogen-bond donors (Lipinski definition) is 17. The average molecular weight is 1700 g/mol. The number of imide groups is 1. The van der Waals surface area contributed by atoms with E-state index >= 15 is 28.8 Å². The summed E-state index contributed by atoms with van der Waals surface area (Å²) in [4.78, 5) is 140. The van der Waals surface area contributed by atoms with Gasteiger partial charge in [0.05, 0.1) is 27.6 Å². The number of aliphatic hydroxyl groups is 5. The molecule has 34 heteroatoms. The number of likely N-dealkylation sites (N-methyl/N-ethyl adjacent to an activating group) is 2. The van der Waals surface area contributed by atoms with Crippen molar-refractivity contribution in [2.24, 2.45) is 53.1 Å². The highest BCUT2D eigenvalue weighted by molar-refractivity contribution is 6.32. The molecule has 0 spiro atoms. The van der Waals surface area contributed by atoms with E-state index in [-0.39, 0.29) is 127 Å². The fourth-order valence-corrected chi connectivity index (χ4v) is 18.4. The molecule has 4 aliphatic carbocycles. The number of ether oxygens (including phenoxy) is 6. The minimum Gasteiger partial charge on any atom is -0.508 e. The standard InChI is InChI=1S/C86H101Cl2N9O23/c1-6-41(19-38(2)3)81(110)96-73-60(101)28-48(31-69(104)93-86(114)92-57-34-50(115-17-15-90-4)10-14-65(57)116-18-16-91-5)82(111)94-71-47-29-66(117-63-12-8-43(75(73)105)26-55(63)87)80(120-85-79(109)78(108)77(107)68(37-89)119-85)67(30-47)118-64-13-9-44(27-56(64)88)76(106)74-84(113)95-72(62(103)35-51-45-21-39-20-40(23-45)24-46(51)22-39)54-32-49(98)33-59(100)70(54)53-25-42(7-11-58(53)99)52(36-61(71)102)83(112)97-74/h7-14,25-27,29-30,32-34,38-41,45-46,48,51-52,68,71-79,85,90-91,98-100,105-109H,6,15-24,28,31,35-37,89H2,1-5H3,(H,94,111)(H,95,113)(H,96,110)(H,97,112)(H2,92,93,104,114)/t39?,40?,41-,45?,46?,48+,51?,52-,68-,71-,72+,73+,74+,75-,76-,77-,78+,79-,85+/m1/s1. The molecule has 10 aliphatic rings. The van der Waals surface area contributed by atoms with Gasteiger partial charge >= 0.3 is 6.03 Å². The first-order valence-electron chi connectivity index (χ1n) is 40.4. The Bertz CT molecular complexity index is 4870. The monoisotopic (exact) mass is 1700 g/mol. The van der Waals surface area contributed by atoms with Crippen LogP contribution in [0.25, 0.3) is 11.1 Å². The van der Waals surface area contributed by atoms with Gasteiger partial charge in [0.25, 0.3) is 0 Å². The molecule has 0 unspecified atom stereocenters. The van der Waals surface area contributed by atoms with Crippen LogP contribution in [0.2, 0.25) is 10.0 Å². The van der Waals surface area contributed by atoms with Crippen molar-refractivity contribution in [1.82, 2.24) is 37.2 Å². The zero-order valence-electron chi connectivity index (χ0n) is 66.6. The molecule has 1 saturated heterocycles. The van der Waals surface area contributed by atoms with E-state index in [0.717, 1.165) is 62.4 Å². The number of ketones is 3. The third-order valence-electron chi connectivity index (χ3n) is 23.9. The number of aliphatic hydroxyl groups excluding tert-OH is 5. The highest BCUT2D eigenvalue weighted by Crippen LogP contribution is 2.58. The Balaban J connectivity index is 0.987. The molecule has 15 bridgehead atoms. The molecule has 7 amide bonds. The highest BCUT2D eigenvalue weighted by Gasteiger charge is 2.51. The summed E-state index contributed by atoms with van der Waals surface area (Å²) in [6.45, 7) is 6.20. The molecule has 6 aromatic carbocycles. The van der Waals surface area contributed by atoms with Crippen molar-refractivity contribution in [1.29, 1.82) is 0 Å². The maximum absolute atomic E-state index is 16.7. The molecule has 642 valence electrons. The van der Waals surface area contributed by atoms with E-state index in [1.807, 2.05) is 13.8 Å². The smallest absolute Gasteiger partial charge is 0.325 e. The molecule has 16 rings (SSSR count). The van der Waals surface area contributed by atoms with Crippen molar-refractivity contribution in [3.63, 3.8) is 0 Å². The maximum atomic E-state index is 16.7. The molecule has 4 saturated carbocycles. The highest BCUT2D eigenvalue weighted by atomic mass is 35.5. The van der Waals surface area contributed by atoms with E-state index in [1.54, 1.807) is 27.1 Å². The Morgan fingerprint density at radius 2 is 1.28 bits per heavy atom. The Morgan fingerprint density at radius 1 is 0.642 bits per heavy atom. The van der Waals surface area contributed by atoms with E-state index in [4.69, 9.17) is 57.4 Å². The van der Waals surface area contributed by atoms with Crippen LogP contribution in [0.1, 0.15) is 149 Å². The van der Waals surface area contributed by atoms with Crippen LogP contribution < -0.4 is 72.0 Å². The fourth-order valence-electron chi connectivity index (χ4n) is 18.0. The molecule has 0 aromatic heterocycles. The second-order valence-corrected chi connectivity index (χ2v) is 33.4. The van der Waals surface area contributed by atoms with Gasteiger partial charge in [0.2, 0.25) is 41.6 Å². The lowest BCUT2D eigenvalue weighted by Crippen LogP contribution is -2.60. The van der Waals surface area contributed by atoms with E-state index < -0.39 is 198 Å². The Kier molecular flexibility index (Phi) is 27.6. The quantitative estimate of drug-likeness (QED) is 0.0297. The number of nitrogens with two attached hydrogens (primary N) is 1. The number of nitrogens with one attached hydrogen (secondary N) is 8. The zero-order valence-corrected chi connectivity index (χ0v) is 68.1. The maximum Gasteiger partial charge on any atom is 0.325 e. The van der Waals surface area contributed by atoms with Gasteiger partial charge in [-0.2, -0.15) is 0 Å². The van der Waals surface area contributed by atoms with Crippen molar-refractivity contribution < 1.29 is 112 Å². The van der Waals surface area contributed by atoms with Gasteiger partial charge in [0.1, 0.15) is 114 Å². The van der Waals surface area contributed by atoms with Crippen molar-refractivity contribution in [2.45, 2.75) is 164 Å². The number of fused-ring (bicyclic) bond motifs is 15. The van der Waals surface area contributed by atoms with Gasteiger partial charge in [0, 0.05) is 74.5 Å². The van der Waals surface area contributed by atoms with Crippen LogP contribution in [-0.4, -0.2) is 184 Å². The number of aromatic hydroxyl groups is 3. The van der Waals surface area contributed by atoms with Crippen molar-refractivity contribution in [3.05, 3.63) is 135 Å². The van der Waals surface area contributed by atoms with Crippen molar-refractivity contribution >= 4 is 81.8 Å². The Hall–Kier alpha value is -10.2. The summed E-state index contributed by atoms with van der Waals surface area (Å²) < 4.78 is 37.7. The number of phenolic OH excluding ortho intramolecular Hbond substituents is 3. The number of hydrogen-bond acceptors (Lipinski definition) is 26. The summed E-state index contributed by atoms with van der Waals surface area (Å²) in [6, 6.07) is 10.5. The number of rotatable bonds is 22. The summed E-state index contributed by atoms with van der Waals surface area (Å²) >= 11 is 14.4. The molecule has 0 radical (unpaired) electrons. The Morgan fingerprint density at radius 3 is 1.91 bits per heavy atom. The molecule has 14 atom stereocenters. The van der Waals surface area contributed by atoms with Crippen LogP contribution in [0, 0.1) is 47.3 Å². The molecule has 5 fully saturated rings. The predicted molar refractivity (Wildman–Crippen MR) is 434 cm³/mol. The first-order valence-corrected chi connectivity index (χ1v) is 41.2. The summed E-state index contributed by atoms with van der Waals surface area (Å²) in [7, 11) is 3.42. The van der Waals surface area contributed by atoms with Crippen molar-refractivity contribution in [3.8, 4) is 68.6 Å². The first kappa shape index (κ1) is 87.6. The third kappa shape index (κ3) is 19.4. The number of anilines is 1. The zero-order chi connectivity index (χ0) is 85.8. The molecule has 18 N–H and O–H groups in total. The van der Waals surface area contributed by atoms with Crippen molar-refractivity contribution in [2.75, 3.05) is 52.3 Å². The molecular weight excluding hydrogens is 1600 g/mol. The van der Waals surface area contributed by atoms with E-state index in [1.165, 1.54) is 60.7 Å². The van der Waals surface area contributed by atoms with Gasteiger partial charge in [-0.25, -0.2) is 4.79 Å². The van der Waals surface area contributed by atoms with Gasteiger partial charge in [-0.15, -0.1) is 0 Å². The third-order valence-corrected chi connectivity index (χ3v) is 24.5. The molecular formula is C86H101Cl2N9O23. The first-order chi connectivity index (χ1) is 57.4. The molecule has 6 aliphatic heterocycles. The van der Waals surface area contributed by atoms with E-state index in [0.29, 0.717) is 31.3 Å². The second kappa shape index (κ2) is 37.8. The van der Waals surface area contributed by atoms with E-state index in [2.05, 4.69) is 42.5 Å². The lowest BCUT2D eigenvalue weighted by molar-refractivity contribution is -0.270. The van der Waals surface area contributed by atoms with E-state index in [9.17, 15) is 55.2 Å². The minimum absolute atomic E-state index is 0.0265. The molecule has 32 nitrogen and oxygen atoms in total. The topological polar surface area (TPSA) is 493 Å². The van der Waals surface area contributed by atoms with Crippen LogP contribution in [-0.2, 0) is 43.1 Å². The van der Waals surface area contributed by atoms with Crippen LogP contribution in [0.15, 0.2) is 97.1 Å². The summed E-state index contributed by atoms with van der Waals surface area (Å²) in [6.07, 6.45) is -11.5. The van der Waals surface area contributed by atoms with Crippen LogP contribution >= 0.6 is 23.2 Å². The summed E-state index contributed by atoms with van der Waals surface area (Å²) in [5.41, 5.74) is 4.45. The number of phenols is 3. The lowest BCUT2D eigenvalue weighted by atomic mass is 9.51.